The molecule has 0 radical (unpaired) electrons. The Kier molecular flexibility index (Phi) is 3.50. The lowest BCUT2D eigenvalue weighted by atomic mass is 9.99. The van der Waals surface area contributed by atoms with Gasteiger partial charge in [-0.05, 0) is 24.7 Å². The van der Waals surface area contributed by atoms with Crippen molar-refractivity contribution in [3.8, 4) is 0 Å². The highest BCUT2D eigenvalue weighted by Gasteiger charge is 2.42. The summed E-state index contributed by atoms with van der Waals surface area (Å²) in [5, 5.41) is 3.04. The summed E-state index contributed by atoms with van der Waals surface area (Å²) in [7, 11) is 0. The normalized spacial score (nSPS) is 31.4. The maximum atomic E-state index is 11.9. The highest BCUT2D eigenvalue weighted by molar-refractivity contribution is 5.79. The summed E-state index contributed by atoms with van der Waals surface area (Å²) in [6, 6.07) is -0.124. The summed E-state index contributed by atoms with van der Waals surface area (Å²) in [6.45, 7) is 4.01. The molecule has 2 fully saturated rings. The standard InChI is InChI=1S/C12H22N2O2/c1-2-3-12(4-5-12)8-14-11(15)9-6-16-7-10(9)13/h9-10H,2-8,13H2,1H3,(H,14,15). The van der Waals surface area contributed by atoms with Crippen LogP contribution < -0.4 is 11.1 Å². The van der Waals surface area contributed by atoms with E-state index in [4.69, 9.17) is 10.5 Å². The topological polar surface area (TPSA) is 64.3 Å². The molecular weight excluding hydrogens is 204 g/mol. The van der Waals surface area contributed by atoms with Crippen LogP contribution in [0.2, 0.25) is 0 Å². The van der Waals surface area contributed by atoms with E-state index in [1.165, 1.54) is 25.7 Å². The lowest BCUT2D eigenvalue weighted by Crippen LogP contribution is -2.42. The fourth-order valence-electron chi connectivity index (χ4n) is 2.47. The molecule has 1 saturated heterocycles. The average molecular weight is 226 g/mol. The molecule has 1 amide bonds. The van der Waals surface area contributed by atoms with Crippen molar-refractivity contribution >= 4 is 5.91 Å². The fraction of sp³-hybridized carbons (Fsp3) is 0.917. The van der Waals surface area contributed by atoms with Crippen LogP contribution in [0.1, 0.15) is 32.6 Å². The van der Waals surface area contributed by atoms with Crippen molar-refractivity contribution in [3.63, 3.8) is 0 Å². The first-order chi connectivity index (χ1) is 7.67. The minimum absolute atomic E-state index is 0.0763. The molecule has 0 spiro atoms. The molecule has 2 atom stereocenters. The summed E-state index contributed by atoms with van der Waals surface area (Å²) >= 11 is 0. The molecule has 2 unspecified atom stereocenters. The van der Waals surface area contributed by atoms with Crippen molar-refractivity contribution in [2.24, 2.45) is 17.1 Å². The van der Waals surface area contributed by atoms with Gasteiger partial charge >= 0.3 is 0 Å². The van der Waals surface area contributed by atoms with Gasteiger partial charge in [0.2, 0.25) is 5.91 Å². The summed E-state index contributed by atoms with van der Waals surface area (Å²) in [5.41, 5.74) is 6.22. The van der Waals surface area contributed by atoms with Gasteiger partial charge < -0.3 is 15.8 Å². The van der Waals surface area contributed by atoms with Crippen molar-refractivity contribution < 1.29 is 9.53 Å². The maximum Gasteiger partial charge on any atom is 0.227 e. The third kappa shape index (κ3) is 2.55. The largest absolute Gasteiger partial charge is 0.379 e. The van der Waals surface area contributed by atoms with E-state index in [0.717, 1.165) is 6.54 Å². The molecule has 2 rings (SSSR count). The van der Waals surface area contributed by atoms with Crippen LogP contribution in [0.5, 0.6) is 0 Å². The molecule has 16 heavy (non-hydrogen) atoms. The molecule has 0 bridgehead atoms. The molecule has 1 aliphatic carbocycles. The van der Waals surface area contributed by atoms with Gasteiger partial charge in [-0.15, -0.1) is 0 Å². The Balaban J connectivity index is 1.75. The van der Waals surface area contributed by atoms with Crippen LogP contribution in [0.3, 0.4) is 0 Å². The van der Waals surface area contributed by atoms with E-state index in [2.05, 4.69) is 12.2 Å². The lowest BCUT2D eigenvalue weighted by Gasteiger charge is -2.18. The molecule has 0 aromatic rings. The molecule has 1 heterocycles. The molecule has 2 aliphatic rings. The van der Waals surface area contributed by atoms with Gasteiger partial charge in [0.1, 0.15) is 0 Å². The fourth-order valence-corrected chi connectivity index (χ4v) is 2.47. The third-order valence-corrected chi connectivity index (χ3v) is 3.84. The van der Waals surface area contributed by atoms with Crippen molar-refractivity contribution in [1.29, 1.82) is 0 Å². The second-order valence-corrected chi connectivity index (χ2v) is 5.28. The highest BCUT2D eigenvalue weighted by Crippen LogP contribution is 2.48. The number of carbonyl (C=O) groups excluding carboxylic acids is 1. The van der Waals surface area contributed by atoms with Crippen molar-refractivity contribution in [2.45, 2.75) is 38.6 Å². The van der Waals surface area contributed by atoms with Gasteiger partial charge in [-0.25, -0.2) is 0 Å². The number of rotatable bonds is 5. The number of amides is 1. The minimum atomic E-state index is -0.141. The predicted octanol–water partition coefficient (Wildman–Crippen LogP) is 0.657. The van der Waals surface area contributed by atoms with E-state index in [9.17, 15) is 4.79 Å². The lowest BCUT2D eigenvalue weighted by molar-refractivity contribution is -0.125. The Morgan fingerprint density at radius 1 is 1.50 bits per heavy atom. The number of nitrogens with one attached hydrogen (secondary N) is 1. The van der Waals surface area contributed by atoms with Crippen LogP contribution in [0.25, 0.3) is 0 Å². The van der Waals surface area contributed by atoms with Crippen LogP contribution in [0, 0.1) is 11.3 Å². The van der Waals surface area contributed by atoms with E-state index in [1.54, 1.807) is 0 Å². The quantitative estimate of drug-likeness (QED) is 0.723. The van der Waals surface area contributed by atoms with Gasteiger partial charge in [0.25, 0.3) is 0 Å². The summed E-state index contributed by atoms with van der Waals surface area (Å²) < 4.78 is 5.20. The minimum Gasteiger partial charge on any atom is -0.379 e. The first-order valence-electron chi connectivity index (χ1n) is 6.28. The highest BCUT2D eigenvalue weighted by atomic mass is 16.5. The van der Waals surface area contributed by atoms with E-state index in [0.29, 0.717) is 18.6 Å². The van der Waals surface area contributed by atoms with Gasteiger partial charge in [0, 0.05) is 12.6 Å². The molecule has 92 valence electrons. The molecular formula is C12H22N2O2. The smallest absolute Gasteiger partial charge is 0.227 e. The van der Waals surface area contributed by atoms with Crippen LogP contribution in [-0.2, 0) is 9.53 Å². The van der Waals surface area contributed by atoms with Crippen LogP contribution in [0.4, 0.5) is 0 Å². The summed E-state index contributed by atoms with van der Waals surface area (Å²) in [6.07, 6.45) is 4.94. The number of nitrogens with two attached hydrogens (primary N) is 1. The number of hydrogen-bond donors (Lipinski definition) is 2. The van der Waals surface area contributed by atoms with E-state index < -0.39 is 0 Å². The number of hydrogen-bond acceptors (Lipinski definition) is 3. The first kappa shape index (κ1) is 11.9. The van der Waals surface area contributed by atoms with Gasteiger partial charge in [0.15, 0.2) is 0 Å². The second-order valence-electron chi connectivity index (χ2n) is 5.28. The van der Waals surface area contributed by atoms with Crippen molar-refractivity contribution in [1.82, 2.24) is 5.32 Å². The SMILES string of the molecule is CCCC1(CNC(=O)C2COCC2N)CC1. The molecule has 0 aromatic heterocycles. The predicted molar refractivity (Wildman–Crippen MR) is 61.9 cm³/mol. The van der Waals surface area contributed by atoms with Gasteiger partial charge in [-0.1, -0.05) is 13.3 Å². The Labute approximate surface area is 96.9 Å². The monoisotopic (exact) mass is 226 g/mol. The molecule has 1 aliphatic heterocycles. The Bertz CT molecular complexity index is 264. The zero-order chi connectivity index (χ0) is 11.6. The average Bonchev–Trinajstić information content (AvgIpc) is 2.89. The second kappa shape index (κ2) is 4.72. The van der Waals surface area contributed by atoms with Crippen LogP contribution in [0.15, 0.2) is 0 Å². The first-order valence-corrected chi connectivity index (χ1v) is 6.28. The molecule has 3 N–H and O–H groups in total. The Morgan fingerprint density at radius 2 is 2.25 bits per heavy atom. The van der Waals surface area contributed by atoms with Crippen molar-refractivity contribution in [2.75, 3.05) is 19.8 Å². The zero-order valence-corrected chi connectivity index (χ0v) is 10.00. The number of carbonyl (C=O) groups is 1. The molecule has 4 nitrogen and oxygen atoms in total. The van der Waals surface area contributed by atoms with E-state index in [-0.39, 0.29) is 17.9 Å². The zero-order valence-electron chi connectivity index (χ0n) is 10.00. The van der Waals surface area contributed by atoms with Gasteiger partial charge in [-0.3, -0.25) is 4.79 Å². The Hall–Kier alpha value is -0.610. The molecule has 1 saturated carbocycles. The summed E-state index contributed by atoms with van der Waals surface area (Å²) in [5.74, 6) is -0.0650. The van der Waals surface area contributed by atoms with Crippen molar-refractivity contribution in [3.05, 3.63) is 0 Å². The van der Waals surface area contributed by atoms with Crippen LogP contribution >= 0.6 is 0 Å². The van der Waals surface area contributed by atoms with Gasteiger partial charge in [0.05, 0.1) is 19.1 Å². The Morgan fingerprint density at radius 3 is 2.75 bits per heavy atom. The maximum absolute atomic E-state index is 11.9. The van der Waals surface area contributed by atoms with Crippen LogP contribution in [-0.4, -0.2) is 31.7 Å². The van der Waals surface area contributed by atoms with E-state index >= 15 is 0 Å². The summed E-state index contributed by atoms with van der Waals surface area (Å²) in [4.78, 5) is 11.9. The number of ether oxygens (including phenoxy) is 1. The third-order valence-electron chi connectivity index (χ3n) is 3.84. The van der Waals surface area contributed by atoms with Gasteiger partial charge in [-0.2, -0.15) is 0 Å². The van der Waals surface area contributed by atoms with E-state index in [1.807, 2.05) is 0 Å². The molecule has 0 aromatic carbocycles. The molecule has 4 heteroatoms.